The summed E-state index contributed by atoms with van der Waals surface area (Å²) in [5, 5.41) is 0.427. The molecule has 0 radical (unpaired) electrons. The Morgan fingerprint density at radius 3 is 2.76 bits per heavy atom. The molecule has 3 rings (SSSR count). The minimum Gasteiger partial charge on any atom is -0.494 e. The summed E-state index contributed by atoms with van der Waals surface area (Å²) in [5.74, 6) is 1.79. The molecule has 1 atom stereocenters. The molecule has 2 aromatic heterocycles. The highest BCUT2D eigenvalue weighted by Crippen LogP contribution is 2.34. The van der Waals surface area contributed by atoms with E-state index in [1.807, 2.05) is 38.1 Å². The predicted molar refractivity (Wildman–Crippen MR) is 118 cm³/mol. The molecule has 0 aliphatic carbocycles. The summed E-state index contributed by atoms with van der Waals surface area (Å²) in [7, 11) is 0. The number of benzene rings is 1. The highest BCUT2D eigenvalue weighted by atomic mass is 32.2. The molecule has 0 fully saturated rings. The Balaban J connectivity index is 1.84. The summed E-state index contributed by atoms with van der Waals surface area (Å²) < 4.78 is 10.8. The lowest BCUT2D eigenvalue weighted by Gasteiger charge is -2.13. The second kappa shape index (κ2) is 9.45. The van der Waals surface area contributed by atoms with Gasteiger partial charge in [-0.1, -0.05) is 18.2 Å². The highest BCUT2D eigenvalue weighted by Gasteiger charge is 2.21. The molecule has 2 heterocycles. The molecule has 0 amide bonds. The maximum Gasteiger partial charge on any atom is 0.348 e. The first-order valence-electron chi connectivity index (χ1n) is 9.48. The minimum absolute atomic E-state index is 0.0322. The van der Waals surface area contributed by atoms with E-state index in [0.717, 1.165) is 17.1 Å². The topological polar surface area (TPSA) is 81.3 Å². The maximum absolute atomic E-state index is 12.7. The molecule has 0 aliphatic heterocycles. The molecule has 0 saturated heterocycles. The lowest BCUT2D eigenvalue weighted by molar-refractivity contribution is 0.0531. The molecule has 0 aliphatic rings. The van der Waals surface area contributed by atoms with Gasteiger partial charge < -0.3 is 14.5 Å². The van der Waals surface area contributed by atoms with Gasteiger partial charge in [-0.15, -0.1) is 23.1 Å². The number of H-pyrrole nitrogens is 1. The standard InChI is InChI=1S/C21H24N2O4S2/c1-5-26-15-10-8-7-9-14(15)11-28-13(4)18-22-19(24)16-12(3)17(21(25)27-6-2)29-20(16)23-18/h7-10,13H,5-6,11H2,1-4H3,(H,22,23,24)/t13-/m1/s1. The van der Waals surface area contributed by atoms with Gasteiger partial charge in [-0.05, 0) is 39.3 Å². The van der Waals surface area contributed by atoms with E-state index >= 15 is 0 Å². The van der Waals surface area contributed by atoms with E-state index in [9.17, 15) is 9.59 Å². The van der Waals surface area contributed by atoms with Gasteiger partial charge in [0.25, 0.3) is 5.56 Å². The zero-order valence-electron chi connectivity index (χ0n) is 16.9. The quantitative estimate of drug-likeness (QED) is 0.512. The number of aromatic amines is 1. The first-order chi connectivity index (χ1) is 14.0. The minimum atomic E-state index is -0.413. The average Bonchev–Trinajstić information content (AvgIpc) is 3.04. The van der Waals surface area contributed by atoms with Crippen LogP contribution in [0.25, 0.3) is 10.2 Å². The zero-order valence-corrected chi connectivity index (χ0v) is 18.5. The molecule has 0 bridgehead atoms. The van der Waals surface area contributed by atoms with Crippen LogP contribution in [0.2, 0.25) is 0 Å². The second-order valence-corrected chi connectivity index (χ2v) is 8.73. The fourth-order valence-electron chi connectivity index (χ4n) is 2.96. The van der Waals surface area contributed by atoms with E-state index in [1.165, 1.54) is 11.3 Å². The van der Waals surface area contributed by atoms with Crippen LogP contribution in [0.4, 0.5) is 0 Å². The average molecular weight is 433 g/mol. The van der Waals surface area contributed by atoms with E-state index in [-0.39, 0.29) is 10.8 Å². The Morgan fingerprint density at radius 2 is 2.03 bits per heavy atom. The van der Waals surface area contributed by atoms with Gasteiger partial charge in [0.15, 0.2) is 0 Å². The largest absolute Gasteiger partial charge is 0.494 e. The summed E-state index contributed by atoms with van der Waals surface area (Å²) in [4.78, 5) is 33.3. The number of nitrogens with zero attached hydrogens (tertiary/aromatic N) is 1. The number of hydrogen-bond donors (Lipinski definition) is 1. The number of aryl methyl sites for hydroxylation is 1. The fraction of sp³-hybridized carbons (Fsp3) is 0.381. The van der Waals surface area contributed by atoms with Gasteiger partial charge in [-0.3, -0.25) is 4.79 Å². The van der Waals surface area contributed by atoms with Gasteiger partial charge in [0.2, 0.25) is 0 Å². The number of esters is 1. The number of fused-ring (bicyclic) bond motifs is 1. The maximum atomic E-state index is 12.7. The third kappa shape index (κ3) is 4.64. The van der Waals surface area contributed by atoms with Crippen molar-refractivity contribution >= 4 is 39.3 Å². The Hall–Kier alpha value is -2.32. The molecular weight excluding hydrogens is 408 g/mol. The van der Waals surface area contributed by atoms with E-state index < -0.39 is 5.97 Å². The molecule has 6 nitrogen and oxygen atoms in total. The molecule has 0 unspecified atom stereocenters. The molecule has 1 N–H and O–H groups in total. The summed E-state index contributed by atoms with van der Waals surface area (Å²) in [6.07, 6.45) is 0. The van der Waals surface area contributed by atoms with Gasteiger partial charge in [-0.2, -0.15) is 0 Å². The van der Waals surface area contributed by atoms with Crippen LogP contribution in [-0.4, -0.2) is 29.2 Å². The van der Waals surface area contributed by atoms with Crippen molar-refractivity contribution in [3.05, 3.63) is 56.4 Å². The van der Waals surface area contributed by atoms with Crippen LogP contribution in [0.5, 0.6) is 5.75 Å². The van der Waals surface area contributed by atoms with Gasteiger partial charge in [0, 0.05) is 11.3 Å². The van der Waals surface area contributed by atoms with Gasteiger partial charge in [0.1, 0.15) is 21.3 Å². The number of para-hydroxylation sites is 1. The van der Waals surface area contributed by atoms with Crippen molar-refractivity contribution < 1.29 is 14.3 Å². The lowest BCUT2D eigenvalue weighted by Crippen LogP contribution is -2.13. The molecule has 1 aromatic carbocycles. The van der Waals surface area contributed by atoms with E-state index in [4.69, 9.17) is 9.47 Å². The van der Waals surface area contributed by atoms with Crippen molar-refractivity contribution in [2.24, 2.45) is 0 Å². The van der Waals surface area contributed by atoms with Crippen molar-refractivity contribution in [2.45, 2.75) is 38.7 Å². The smallest absolute Gasteiger partial charge is 0.348 e. The molecule has 0 saturated carbocycles. The van der Waals surface area contributed by atoms with Crippen LogP contribution in [0.15, 0.2) is 29.1 Å². The Kier molecular flexibility index (Phi) is 6.97. The number of nitrogens with one attached hydrogen (secondary N) is 1. The van der Waals surface area contributed by atoms with Crippen molar-refractivity contribution in [1.29, 1.82) is 0 Å². The van der Waals surface area contributed by atoms with Gasteiger partial charge in [0.05, 0.1) is 23.8 Å². The van der Waals surface area contributed by atoms with Crippen molar-refractivity contribution in [2.75, 3.05) is 13.2 Å². The number of thiophene rings is 1. The molecular formula is C21H24N2O4S2. The van der Waals surface area contributed by atoms with Crippen LogP contribution in [0.1, 0.15) is 52.6 Å². The number of carbonyl (C=O) groups excluding carboxylic acids is 1. The summed E-state index contributed by atoms with van der Waals surface area (Å²) in [6.45, 7) is 8.38. The molecule has 8 heteroatoms. The van der Waals surface area contributed by atoms with Gasteiger partial charge >= 0.3 is 5.97 Å². The van der Waals surface area contributed by atoms with E-state index in [0.29, 0.717) is 39.7 Å². The number of rotatable bonds is 8. The number of thioether (sulfide) groups is 1. The normalized spacial score (nSPS) is 12.1. The predicted octanol–water partition coefficient (Wildman–Crippen LogP) is 4.86. The second-order valence-electron chi connectivity index (χ2n) is 6.40. The molecule has 29 heavy (non-hydrogen) atoms. The monoisotopic (exact) mass is 432 g/mol. The Bertz CT molecular complexity index is 1070. The fourth-order valence-corrected chi connectivity index (χ4v) is 4.98. The highest BCUT2D eigenvalue weighted by molar-refractivity contribution is 7.98. The van der Waals surface area contributed by atoms with Crippen LogP contribution in [0.3, 0.4) is 0 Å². The van der Waals surface area contributed by atoms with Crippen LogP contribution in [-0.2, 0) is 10.5 Å². The third-order valence-electron chi connectivity index (χ3n) is 4.43. The first-order valence-corrected chi connectivity index (χ1v) is 11.4. The van der Waals surface area contributed by atoms with E-state index in [2.05, 4.69) is 9.97 Å². The summed E-state index contributed by atoms with van der Waals surface area (Å²) in [6, 6.07) is 7.94. The summed E-state index contributed by atoms with van der Waals surface area (Å²) >= 11 is 2.87. The zero-order chi connectivity index (χ0) is 21.0. The van der Waals surface area contributed by atoms with Crippen molar-refractivity contribution in [3.8, 4) is 5.75 Å². The Labute approximate surface area is 177 Å². The van der Waals surface area contributed by atoms with Crippen molar-refractivity contribution in [1.82, 2.24) is 9.97 Å². The number of ether oxygens (including phenoxy) is 2. The Morgan fingerprint density at radius 1 is 1.28 bits per heavy atom. The first kappa shape index (κ1) is 21.4. The van der Waals surface area contributed by atoms with Gasteiger partial charge in [-0.25, -0.2) is 9.78 Å². The van der Waals surface area contributed by atoms with Crippen molar-refractivity contribution in [3.63, 3.8) is 0 Å². The lowest BCUT2D eigenvalue weighted by atomic mass is 10.2. The SMILES string of the molecule is CCOC(=O)c1sc2nc([C@@H](C)SCc3ccccc3OCC)[nH]c(=O)c2c1C. The third-order valence-corrected chi connectivity index (χ3v) is 6.79. The molecule has 3 aromatic rings. The van der Waals surface area contributed by atoms with Crippen LogP contribution < -0.4 is 10.3 Å². The molecule has 154 valence electrons. The molecule has 0 spiro atoms. The number of hydrogen-bond acceptors (Lipinski definition) is 7. The van der Waals surface area contributed by atoms with E-state index in [1.54, 1.807) is 25.6 Å². The van der Waals surface area contributed by atoms with Crippen LogP contribution >= 0.6 is 23.1 Å². The number of carbonyl (C=O) groups is 1. The van der Waals surface area contributed by atoms with Crippen LogP contribution in [0, 0.1) is 6.92 Å². The summed E-state index contributed by atoms with van der Waals surface area (Å²) in [5.41, 5.74) is 1.50. The number of aromatic nitrogens is 2.